The standard InChI is InChI=1S/C7H13NO5/c9-4-2-8-1-3(7(12)13)5(10)6(4)11/h3-6,8-11H,1-2H2,(H,12,13)/t3-,4+,5-,6-/m1/s1. The third kappa shape index (κ3) is 2.16. The molecule has 6 nitrogen and oxygen atoms in total. The normalized spacial score (nSPS) is 41.2. The van der Waals surface area contributed by atoms with Gasteiger partial charge in [-0.15, -0.1) is 0 Å². The molecule has 0 amide bonds. The summed E-state index contributed by atoms with van der Waals surface area (Å²) >= 11 is 0. The Hall–Kier alpha value is -0.690. The van der Waals surface area contributed by atoms with Gasteiger partial charge < -0.3 is 25.7 Å². The predicted octanol–water partition coefficient (Wildman–Crippen LogP) is -2.63. The van der Waals surface area contributed by atoms with Crippen LogP contribution in [-0.4, -0.2) is 57.8 Å². The predicted molar refractivity (Wildman–Crippen MR) is 42.0 cm³/mol. The second-order valence-electron chi connectivity index (χ2n) is 3.15. The number of carboxylic acids is 1. The molecule has 4 atom stereocenters. The number of hydrogen-bond acceptors (Lipinski definition) is 5. The van der Waals surface area contributed by atoms with Crippen LogP contribution in [0.4, 0.5) is 0 Å². The Morgan fingerprint density at radius 2 is 1.77 bits per heavy atom. The topological polar surface area (TPSA) is 110 Å². The van der Waals surface area contributed by atoms with Gasteiger partial charge in [-0.25, -0.2) is 0 Å². The number of aliphatic hydroxyl groups is 3. The van der Waals surface area contributed by atoms with Crippen LogP contribution in [0.5, 0.6) is 0 Å². The number of carboxylic acid groups (broad SMARTS) is 1. The van der Waals surface area contributed by atoms with Gasteiger partial charge in [-0.05, 0) is 0 Å². The maximum absolute atomic E-state index is 10.6. The molecule has 0 aliphatic carbocycles. The summed E-state index contributed by atoms with van der Waals surface area (Å²) in [6, 6.07) is 0. The molecule has 0 unspecified atom stereocenters. The van der Waals surface area contributed by atoms with Gasteiger partial charge >= 0.3 is 5.97 Å². The average Bonchev–Trinajstić information content (AvgIpc) is 2.18. The third-order valence-electron chi connectivity index (χ3n) is 2.19. The van der Waals surface area contributed by atoms with E-state index in [2.05, 4.69) is 5.32 Å². The highest BCUT2D eigenvalue weighted by Gasteiger charge is 2.37. The molecule has 13 heavy (non-hydrogen) atoms. The smallest absolute Gasteiger partial charge is 0.310 e. The summed E-state index contributed by atoms with van der Waals surface area (Å²) in [6.45, 7) is 0.132. The van der Waals surface area contributed by atoms with Gasteiger partial charge in [-0.3, -0.25) is 4.79 Å². The maximum Gasteiger partial charge on any atom is 0.310 e. The van der Waals surface area contributed by atoms with E-state index >= 15 is 0 Å². The van der Waals surface area contributed by atoms with Crippen LogP contribution in [0.1, 0.15) is 0 Å². The average molecular weight is 191 g/mol. The van der Waals surface area contributed by atoms with Gasteiger partial charge in [0.25, 0.3) is 0 Å². The summed E-state index contributed by atoms with van der Waals surface area (Å²) < 4.78 is 0. The van der Waals surface area contributed by atoms with Crippen molar-refractivity contribution in [3.05, 3.63) is 0 Å². The van der Waals surface area contributed by atoms with E-state index in [0.717, 1.165) is 0 Å². The van der Waals surface area contributed by atoms with Crippen LogP contribution in [0.3, 0.4) is 0 Å². The minimum absolute atomic E-state index is 0.0463. The summed E-state index contributed by atoms with van der Waals surface area (Å²) in [5.74, 6) is -2.26. The lowest BCUT2D eigenvalue weighted by Crippen LogP contribution is -2.43. The van der Waals surface area contributed by atoms with E-state index in [9.17, 15) is 15.0 Å². The molecule has 1 heterocycles. The number of hydrogen-bond donors (Lipinski definition) is 5. The maximum atomic E-state index is 10.6. The van der Waals surface area contributed by atoms with E-state index in [4.69, 9.17) is 10.2 Å². The van der Waals surface area contributed by atoms with Crippen molar-refractivity contribution in [3.63, 3.8) is 0 Å². The first kappa shape index (κ1) is 10.4. The molecule has 1 fully saturated rings. The molecule has 6 heteroatoms. The van der Waals surface area contributed by atoms with Crippen molar-refractivity contribution < 1.29 is 25.2 Å². The fourth-order valence-corrected chi connectivity index (χ4v) is 1.33. The van der Waals surface area contributed by atoms with Gasteiger partial charge in [0.15, 0.2) is 0 Å². The van der Waals surface area contributed by atoms with Crippen molar-refractivity contribution in [2.24, 2.45) is 5.92 Å². The summed E-state index contributed by atoms with van der Waals surface area (Å²) in [7, 11) is 0. The zero-order chi connectivity index (χ0) is 10.0. The SMILES string of the molecule is O=C(O)[C@@H]1CNC[C@H](O)[C@@H](O)[C@@H]1O. The fraction of sp³-hybridized carbons (Fsp3) is 0.857. The van der Waals surface area contributed by atoms with Gasteiger partial charge in [0.05, 0.1) is 18.1 Å². The molecule has 1 aliphatic heterocycles. The second-order valence-corrected chi connectivity index (χ2v) is 3.15. The summed E-state index contributed by atoms with van der Waals surface area (Å²) in [4.78, 5) is 10.6. The molecule has 76 valence electrons. The van der Waals surface area contributed by atoms with Crippen LogP contribution in [-0.2, 0) is 4.79 Å². The van der Waals surface area contributed by atoms with E-state index in [1.165, 1.54) is 0 Å². The largest absolute Gasteiger partial charge is 0.481 e. The zero-order valence-electron chi connectivity index (χ0n) is 6.92. The Morgan fingerprint density at radius 3 is 2.31 bits per heavy atom. The van der Waals surface area contributed by atoms with Gasteiger partial charge in [-0.2, -0.15) is 0 Å². The van der Waals surface area contributed by atoms with Crippen LogP contribution < -0.4 is 5.32 Å². The van der Waals surface area contributed by atoms with Crippen molar-refractivity contribution >= 4 is 5.97 Å². The summed E-state index contributed by atoms with van der Waals surface area (Å²) in [5, 5.41) is 39.0. The Bertz CT molecular complexity index is 197. The van der Waals surface area contributed by atoms with E-state index < -0.39 is 30.2 Å². The van der Waals surface area contributed by atoms with Crippen molar-refractivity contribution in [2.75, 3.05) is 13.1 Å². The lowest BCUT2D eigenvalue weighted by molar-refractivity contribution is -0.150. The summed E-state index contributed by atoms with van der Waals surface area (Å²) in [5.41, 5.74) is 0. The van der Waals surface area contributed by atoms with E-state index in [1.807, 2.05) is 0 Å². The van der Waals surface area contributed by atoms with E-state index in [-0.39, 0.29) is 13.1 Å². The molecular formula is C7H13NO5. The Balaban J connectivity index is 2.72. The van der Waals surface area contributed by atoms with E-state index in [0.29, 0.717) is 0 Å². The molecule has 0 aromatic rings. The lowest BCUT2D eigenvalue weighted by Gasteiger charge is -2.22. The number of aliphatic carboxylic acids is 1. The molecule has 0 spiro atoms. The number of aliphatic hydroxyl groups excluding tert-OH is 3. The molecular weight excluding hydrogens is 178 g/mol. The third-order valence-corrected chi connectivity index (χ3v) is 2.19. The first-order valence-electron chi connectivity index (χ1n) is 4.01. The van der Waals surface area contributed by atoms with Gasteiger partial charge in [0.2, 0.25) is 0 Å². The van der Waals surface area contributed by atoms with Crippen LogP contribution in [0.15, 0.2) is 0 Å². The molecule has 1 aliphatic rings. The highest BCUT2D eigenvalue weighted by Crippen LogP contribution is 2.13. The second kappa shape index (κ2) is 4.01. The molecule has 0 radical (unpaired) electrons. The highest BCUT2D eigenvalue weighted by atomic mass is 16.4. The van der Waals surface area contributed by atoms with Gasteiger partial charge in [0, 0.05) is 13.1 Å². The number of β-amino-alcohol motifs (C(OH)–C–C–N with tert-alkyl or cyclic N) is 1. The fourth-order valence-electron chi connectivity index (χ4n) is 1.33. The van der Waals surface area contributed by atoms with E-state index in [1.54, 1.807) is 0 Å². The number of rotatable bonds is 1. The number of nitrogens with one attached hydrogen (secondary N) is 1. The molecule has 0 aromatic heterocycles. The minimum Gasteiger partial charge on any atom is -0.481 e. The molecule has 1 saturated heterocycles. The first-order chi connectivity index (χ1) is 6.04. The highest BCUT2D eigenvalue weighted by molar-refractivity contribution is 5.71. The Kier molecular flexibility index (Phi) is 3.21. The van der Waals surface area contributed by atoms with Crippen LogP contribution in [0.2, 0.25) is 0 Å². The minimum atomic E-state index is -1.43. The van der Waals surface area contributed by atoms with Crippen LogP contribution in [0, 0.1) is 5.92 Å². The molecule has 0 aromatic carbocycles. The zero-order valence-corrected chi connectivity index (χ0v) is 6.92. The van der Waals surface area contributed by atoms with Crippen molar-refractivity contribution in [2.45, 2.75) is 18.3 Å². The molecule has 5 N–H and O–H groups in total. The Labute approximate surface area is 74.8 Å². The van der Waals surface area contributed by atoms with Crippen LogP contribution >= 0.6 is 0 Å². The quantitative estimate of drug-likeness (QED) is 0.310. The summed E-state index contributed by atoms with van der Waals surface area (Å²) in [6.07, 6.45) is -3.96. The monoisotopic (exact) mass is 191 g/mol. The van der Waals surface area contributed by atoms with Crippen LogP contribution in [0.25, 0.3) is 0 Å². The van der Waals surface area contributed by atoms with Crippen molar-refractivity contribution in [1.29, 1.82) is 0 Å². The lowest BCUT2D eigenvalue weighted by atomic mass is 9.97. The van der Waals surface area contributed by atoms with Crippen molar-refractivity contribution in [1.82, 2.24) is 5.32 Å². The molecule has 1 rings (SSSR count). The first-order valence-corrected chi connectivity index (χ1v) is 4.01. The molecule has 0 saturated carbocycles. The molecule has 0 bridgehead atoms. The number of carbonyl (C=O) groups is 1. The van der Waals surface area contributed by atoms with Gasteiger partial charge in [-0.1, -0.05) is 0 Å². The van der Waals surface area contributed by atoms with Gasteiger partial charge in [0.1, 0.15) is 6.10 Å². The van der Waals surface area contributed by atoms with Crippen molar-refractivity contribution in [3.8, 4) is 0 Å². The Morgan fingerprint density at radius 1 is 1.15 bits per heavy atom.